The molecule has 162 valence electrons. The van der Waals surface area contributed by atoms with Crippen LogP contribution >= 0.6 is 11.6 Å². The van der Waals surface area contributed by atoms with Crippen LogP contribution in [0.15, 0.2) is 77.9 Å². The van der Waals surface area contributed by atoms with E-state index in [-0.39, 0.29) is 17.0 Å². The predicted octanol–water partition coefficient (Wildman–Crippen LogP) is 4.18. The predicted molar refractivity (Wildman–Crippen MR) is 118 cm³/mol. The van der Waals surface area contributed by atoms with E-state index in [1.54, 1.807) is 49.4 Å². The molecule has 0 saturated heterocycles. The number of benzene rings is 3. The van der Waals surface area contributed by atoms with Crippen LogP contribution in [0.3, 0.4) is 0 Å². The molecule has 3 aromatic rings. The number of amides is 2. The van der Waals surface area contributed by atoms with Gasteiger partial charge in [-0.25, -0.2) is 14.6 Å². The molecular weight excluding hydrogens is 437 g/mol. The van der Waals surface area contributed by atoms with Crippen LogP contribution in [-0.4, -0.2) is 23.5 Å². The minimum absolute atomic E-state index is 0.212. The van der Waals surface area contributed by atoms with Gasteiger partial charge in [-0.3, -0.25) is 9.59 Å². The lowest BCUT2D eigenvalue weighted by Gasteiger charge is -2.10. The smallest absolute Gasteiger partial charge is 0.343 e. The first-order valence-corrected chi connectivity index (χ1v) is 9.69. The zero-order chi connectivity index (χ0) is 23.1. The number of para-hydroxylation sites is 1. The highest BCUT2D eigenvalue weighted by molar-refractivity contribution is 6.39. The number of carbonyl (C=O) groups is 3. The quantitative estimate of drug-likeness (QED) is 0.199. The molecule has 0 aliphatic heterocycles. The summed E-state index contributed by atoms with van der Waals surface area (Å²) in [7, 11) is 0. The number of anilines is 1. The van der Waals surface area contributed by atoms with Crippen LogP contribution in [0.5, 0.6) is 5.75 Å². The summed E-state index contributed by atoms with van der Waals surface area (Å²) in [6, 6.07) is 17.8. The van der Waals surface area contributed by atoms with Crippen molar-refractivity contribution < 1.29 is 23.5 Å². The Hall–Kier alpha value is -4.04. The van der Waals surface area contributed by atoms with Gasteiger partial charge in [-0.15, -0.1) is 0 Å². The molecule has 3 rings (SSSR count). The van der Waals surface area contributed by atoms with Gasteiger partial charge < -0.3 is 10.1 Å². The maximum Gasteiger partial charge on any atom is 0.343 e. The van der Waals surface area contributed by atoms with E-state index in [9.17, 15) is 18.8 Å². The lowest BCUT2D eigenvalue weighted by atomic mass is 10.1. The number of esters is 1. The van der Waals surface area contributed by atoms with Gasteiger partial charge in [0.2, 0.25) is 0 Å². The number of hydrogen-bond donors (Lipinski definition) is 2. The molecule has 3 aromatic carbocycles. The zero-order valence-corrected chi connectivity index (χ0v) is 17.5. The van der Waals surface area contributed by atoms with Crippen LogP contribution in [0.4, 0.5) is 10.1 Å². The molecule has 0 heterocycles. The van der Waals surface area contributed by atoms with Gasteiger partial charge >= 0.3 is 17.8 Å². The Morgan fingerprint density at radius 2 is 1.66 bits per heavy atom. The summed E-state index contributed by atoms with van der Waals surface area (Å²) in [4.78, 5) is 36.4. The van der Waals surface area contributed by atoms with Gasteiger partial charge in [0.05, 0.1) is 11.3 Å². The number of hydrogen-bond acceptors (Lipinski definition) is 5. The molecule has 0 aromatic heterocycles. The van der Waals surface area contributed by atoms with E-state index < -0.39 is 23.6 Å². The van der Waals surface area contributed by atoms with Crippen LogP contribution in [0.1, 0.15) is 22.8 Å². The summed E-state index contributed by atoms with van der Waals surface area (Å²) in [5.41, 5.74) is 3.39. The fourth-order valence-corrected chi connectivity index (χ4v) is 2.79. The average molecular weight is 454 g/mol. The van der Waals surface area contributed by atoms with Crippen molar-refractivity contribution in [1.29, 1.82) is 0 Å². The first-order chi connectivity index (χ1) is 15.3. The number of carbonyl (C=O) groups excluding carboxylic acids is 3. The SMILES string of the molecule is C/C(=N\NC(=O)C(=O)Nc1ccc(F)cc1)c1ccccc1OC(=O)c1cccc(Cl)c1. The van der Waals surface area contributed by atoms with Crippen LogP contribution in [0.25, 0.3) is 0 Å². The summed E-state index contributed by atoms with van der Waals surface area (Å²) < 4.78 is 18.4. The highest BCUT2D eigenvalue weighted by atomic mass is 35.5. The van der Waals surface area contributed by atoms with Crippen molar-refractivity contribution in [2.45, 2.75) is 6.92 Å². The number of hydrazone groups is 1. The van der Waals surface area contributed by atoms with Crippen LogP contribution in [-0.2, 0) is 9.59 Å². The number of halogens is 2. The Morgan fingerprint density at radius 3 is 2.38 bits per heavy atom. The van der Waals surface area contributed by atoms with Crippen molar-refractivity contribution in [3.05, 3.63) is 94.8 Å². The minimum Gasteiger partial charge on any atom is -0.422 e. The molecule has 2 amide bonds. The molecule has 0 unspecified atom stereocenters. The van der Waals surface area contributed by atoms with Crippen molar-refractivity contribution in [1.82, 2.24) is 5.43 Å². The number of ether oxygens (including phenoxy) is 1. The molecule has 0 saturated carbocycles. The van der Waals surface area contributed by atoms with Crippen LogP contribution in [0, 0.1) is 5.82 Å². The van der Waals surface area contributed by atoms with Gasteiger partial charge in [0, 0.05) is 16.3 Å². The van der Waals surface area contributed by atoms with E-state index in [0.29, 0.717) is 16.3 Å². The first kappa shape index (κ1) is 22.6. The molecule has 0 fully saturated rings. The third-order valence-electron chi connectivity index (χ3n) is 4.17. The average Bonchev–Trinajstić information content (AvgIpc) is 2.79. The molecular formula is C23H17ClFN3O4. The third kappa shape index (κ3) is 5.99. The second-order valence-corrected chi connectivity index (χ2v) is 6.93. The lowest BCUT2D eigenvalue weighted by molar-refractivity contribution is -0.136. The number of nitrogens with one attached hydrogen (secondary N) is 2. The summed E-state index contributed by atoms with van der Waals surface area (Å²) in [6.07, 6.45) is 0. The van der Waals surface area contributed by atoms with Crippen LogP contribution < -0.4 is 15.5 Å². The Balaban J connectivity index is 1.68. The number of nitrogens with zero attached hydrogens (tertiary/aromatic N) is 1. The summed E-state index contributed by atoms with van der Waals surface area (Å²) in [5, 5.41) is 6.63. The standard InChI is InChI=1S/C23H17ClFN3O4/c1-14(27-28-22(30)21(29)26-18-11-9-17(25)10-12-18)19-7-2-3-8-20(19)32-23(31)15-5-4-6-16(24)13-15/h2-13H,1H3,(H,26,29)(H,28,30)/b27-14+. The van der Waals surface area contributed by atoms with E-state index in [1.165, 1.54) is 18.2 Å². The Bertz CT molecular complexity index is 1200. The molecule has 7 nitrogen and oxygen atoms in total. The topological polar surface area (TPSA) is 96.9 Å². The maximum absolute atomic E-state index is 12.9. The molecule has 32 heavy (non-hydrogen) atoms. The molecule has 0 aliphatic carbocycles. The Kier molecular flexibility index (Phi) is 7.30. The summed E-state index contributed by atoms with van der Waals surface area (Å²) in [6.45, 7) is 1.57. The normalized spacial score (nSPS) is 10.9. The fraction of sp³-hybridized carbons (Fsp3) is 0.0435. The highest BCUT2D eigenvalue weighted by Crippen LogP contribution is 2.21. The van der Waals surface area contributed by atoms with Gasteiger partial charge in [0.15, 0.2) is 0 Å². The van der Waals surface area contributed by atoms with E-state index in [2.05, 4.69) is 15.8 Å². The van der Waals surface area contributed by atoms with Gasteiger partial charge in [-0.1, -0.05) is 29.8 Å². The van der Waals surface area contributed by atoms with Crippen molar-refractivity contribution >= 4 is 40.8 Å². The monoisotopic (exact) mass is 453 g/mol. The highest BCUT2D eigenvalue weighted by Gasteiger charge is 2.16. The van der Waals surface area contributed by atoms with E-state index in [4.69, 9.17) is 16.3 Å². The minimum atomic E-state index is -1.03. The fourth-order valence-electron chi connectivity index (χ4n) is 2.60. The summed E-state index contributed by atoms with van der Waals surface area (Å²) >= 11 is 5.91. The third-order valence-corrected chi connectivity index (χ3v) is 4.41. The molecule has 0 atom stereocenters. The Morgan fingerprint density at radius 1 is 0.938 bits per heavy atom. The lowest BCUT2D eigenvalue weighted by Crippen LogP contribution is -2.33. The van der Waals surface area contributed by atoms with Gasteiger partial charge in [-0.2, -0.15) is 5.10 Å². The van der Waals surface area contributed by atoms with Crippen LogP contribution in [0.2, 0.25) is 5.02 Å². The molecule has 0 aliphatic rings. The van der Waals surface area contributed by atoms with Gasteiger partial charge in [-0.05, 0) is 61.5 Å². The van der Waals surface area contributed by atoms with Gasteiger partial charge in [0.25, 0.3) is 0 Å². The summed E-state index contributed by atoms with van der Waals surface area (Å²) in [5.74, 6) is -2.88. The van der Waals surface area contributed by atoms with Crippen molar-refractivity contribution in [3.63, 3.8) is 0 Å². The zero-order valence-electron chi connectivity index (χ0n) is 16.8. The largest absolute Gasteiger partial charge is 0.422 e. The molecule has 9 heteroatoms. The van der Waals surface area contributed by atoms with E-state index >= 15 is 0 Å². The Labute approximate surface area is 187 Å². The molecule has 0 spiro atoms. The second kappa shape index (κ2) is 10.3. The second-order valence-electron chi connectivity index (χ2n) is 6.50. The molecule has 2 N–H and O–H groups in total. The maximum atomic E-state index is 12.9. The first-order valence-electron chi connectivity index (χ1n) is 9.32. The van der Waals surface area contributed by atoms with E-state index in [0.717, 1.165) is 12.1 Å². The van der Waals surface area contributed by atoms with Crippen molar-refractivity contribution in [2.75, 3.05) is 5.32 Å². The molecule has 0 radical (unpaired) electrons. The van der Waals surface area contributed by atoms with Gasteiger partial charge in [0.1, 0.15) is 11.6 Å². The number of rotatable bonds is 5. The molecule has 0 bridgehead atoms. The van der Waals surface area contributed by atoms with Crippen molar-refractivity contribution in [2.24, 2.45) is 5.10 Å². The van der Waals surface area contributed by atoms with Crippen molar-refractivity contribution in [3.8, 4) is 5.75 Å². The van der Waals surface area contributed by atoms with E-state index in [1.807, 2.05) is 0 Å².